The predicted octanol–water partition coefficient (Wildman–Crippen LogP) is 8.01. The molecule has 2 aliphatic rings. The van der Waals surface area contributed by atoms with Crippen molar-refractivity contribution in [1.82, 2.24) is 30.8 Å². The molecule has 4 aromatic rings. The minimum Gasteiger partial charge on any atom is -0.444 e. The lowest BCUT2D eigenvalue weighted by molar-refractivity contribution is -0.292. The lowest BCUT2D eigenvalue weighted by atomic mass is 9.81. The number of H-pyrrole nitrogens is 1. The number of fused-ring (bicyclic) bond motifs is 1. The zero-order valence-electron chi connectivity index (χ0n) is 35.5. The van der Waals surface area contributed by atoms with E-state index in [9.17, 15) is 41.1 Å². The number of nitrogens with zero attached hydrogens (tertiary/aromatic N) is 2. The van der Waals surface area contributed by atoms with Gasteiger partial charge in [0.1, 0.15) is 11.6 Å². The van der Waals surface area contributed by atoms with Gasteiger partial charge in [0.05, 0.1) is 11.0 Å². The smallest absolute Gasteiger partial charge is 0.444 e. The molecule has 0 radical (unpaired) electrons. The second-order valence-electron chi connectivity index (χ2n) is 17.5. The third-order valence-electron chi connectivity index (χ3n) is 11.4. The lowest BCUT2D eigenvalue weighted by Gasteiger charge is -2.29. The van der Waals surface area contributed by atoms with Crippen LogP contribution in [0.15, 0.2) is 60.7 Å². The van der Waals surface area contributed by atoms with Gasteiger partial charge < -0.3 is 35.9 Å². The highest BCUT2D eigenvalue weighted by Gasteiger charge is 2.61. The Labute approximate surface area is 357 Å². The third-order valence-corrected chi connectivity index (χ3v) is 11.4. The van der Waals surface area contributed by atoms with Crippen molar-refractivity contribution in [3.63, 3.8) is 0 Å². The van der Waals surface area contributed by atoms with Gasteiger partial charge in [0.25, 0.3) is 5.91 Å². The number of likely N-dealkylation sites (tertiary alicyclic amines) is 1. The number of aromatic amines is 1. The molecule has 1 aliphatic heterocycles. The summed E-state index contributed by atoms with van der Waals surface area (Å²) in [6.07, 6.45) is -2.16. The molecule has 17 heteroatoms. The van der Waals surface area contributed by atoms with E-state index in [0.717, 1.165) is 42.6 Å². The van der Waals surface area contributed by atoms with Gasteiger partial charge in [-0.3, -0.25) is 14.4 Å². The molecule has 2 fully saturated rings. The SMILES string of the molecule is Cc1cc(C(=O)NC2CCN(C)CC2)ccc1-c1ccc(C[C@H](NC(=O)[C@H]2CC[C@H](CNC(=O)OC(C)(C)C)CC2)C(=O)Nc2ccc3[nH]c(C(F)(F)C(F)(F)F)nc3c2)cc1. The summed E-state index contributed by atoms with van der Waals surface area (Å²) in [5.74, 6) is -8.16. The first kappa shape index (κ1) is 45.9. The zero-order valence-corrected chi connectivity index (χ0v) is 35.5. The van der Waals surface area contributed by atoms with Gasteiger partial charge in [-0.1, -0.05) is 30.3 Å². The summed E-state index contributed by atoms with van der Waals surface area (Å²) in [5.41, 5.74) is 3.09. The third kappa shape index (κ3) is 11.7. The van der Waals surface area contributed by atoms with Crippen molar-refractivity contribution in [2.45, 2.75) is 102 Å². The number of anilines is 1. The van der Waals surface area contributed by atoms with Crippen molar-refractivity contribution in [2.24, 2.45) is 11.8 Å². The predicted molar refractivity (Wildman–Crippen MR) is 225 cm³/mol. The van der Waals surface area contributed by atoms with E-state index in [1.165, 1.54) is 18.2 Å². The number of aromatic nitrogens is 2. The summed E-state index contributed by atoms with van der Waals surface area (Å²) < 4.78 is 72.5. The van der Waals surface area contributed by atoms with E-state index in [4.69, 9.17) is 4.74 Å². The number of aryl methyl sites for hydroxylation is 1. The van der Waals surface area contributed by atoms with Crippen LogP contribution in [-0.4, -0.2) is 89.2 Å². The molecule has 4 amide bonds. The van der Waals surface area contributed by atoms with Crippen LogP contribution in [-0.2, 0) is 26.7 Å². The van der Waals surface area contributed by atoms with E-state index in [1.54, 1.807) is 26.8 Å². The molecule has 1 saturated carbocycles. The van der Waals surface area contributed by atoms with Crippen LogP contribution in [0.5, 0.6) is 0 Å². The molecule has 1 saturated heterocycles. The molecular formula is C45H54F5N7O5. The van der Waals surface area contributed by atoms with Gasteiger partial charge in [0.2, 0.25) is 11.8 Å². The van der Waals surface area contributed by atoms with E-state index < -0.39 is 47.5 Å². The monoisotopic (exact) mass is 867 g/mol. The Bertz CT molecular complexity index is 2240. The molecule has 0 spiro atoms. The Balaban J connectivity index is 1.14. The van der Waals surface area contributed by atoms with E-state index >= 15 is 0 Å². The van der Waals surface area contributed by atoms with Crippen molar-refractivity contribution in [2.75, 3.05) is 32.0 Å². The normalized spacial score (nSPS) is 18.5. The standard InChI is InChI=1S/C45H54F5N7O5/c1-26-22-31(39(59)52-32-18-20-57(5)21-19-32)14-16-34(26)29-10-6-27(7-11-29)23-37(54-38(58)30-12-8-28(9-13-30)25-51-42(61)62-43(2,3)4)40(60)53-33-15-17-35-36(24-33)56-41(55-35)44(46,47)45(48,49)50/h6-7,10-11,14-17,22,24,28,30,32,37H,8-9,12-13,18-21,23,25H2,1-5H3,(H,51,61)(H,52,59)(H,53,60)(H,54,58)(H,55,56)/t28-,30-,37-/m0/s1. The number of alkyl carbamates (subject to hydrolysis) is 1. The maximum Gasteiger partial charge on any atom is 0.461 e. The summed E-state index contributed by atoms with van der Waals surface area (Å²) in [7, 11) is 2.07. The van der Waals surface area contributed by atoms with Gasteiger partial charge >= 0.3 is 18.2 Å². The Morgan fingerprint density at radius 2 is 1.56 bits per heavy atom. The van der Waals surface area contributed by atoms with E-state index in [2.05, 4.69) is 38.2 Å². The largest absolute Gasteiger partial charge is 0.461 e. The van der Waals surface area contributed by atoms with Crippen molar-refractivity contribution in [3.8, 4) is 11.1 Å². The van der Waals surface area contributed by atoms with E-state index in [-0.39, 0.29) is 46.9 Å². The fourth-order valence-corrected chi connectivity index (χ4v) is 7.87. The highest BCUT2D eigenvalue weighted by Crippen LogP contribution is 2.43. The van der Waals surface area contributed by atoms with E-state index in [1.807, 2.05) is 48.3 Å². The Morgan fingerprint density at radius 3 is 2.19 bits per heavy atom. The fraction of sp³-hybridized carbons (Fsp3) is 0.489. The molecular weight excluding hydrogens is 814 g/mol. The number of piperidine rings is 1. The van der Waals surface area contributed by atoms with Gasteiger partial charge in [-0.2, -0.15) is 22.0 Å². The minimum absolute atomic E-state index is 0.0641. The number of hydrogen-bond acceptors (Lipinski definition) is 7. The number of carbonyl (C=O) groups is 4. The molecule has 1 aliphatic carbocycles. The molecule has 5 N–H and O–H groups in total. The number of benzene rings is 3. The van der Waals surface area contributed by atoms with Crippen molar-refractivity contribution in [3.05, 3.63) is 83.2 Å². The number of amides is 4. The summed E-state index contributed by atoms with van der Waals surface area (Å²) in [5, 5.41) is 11.5. The first-order valence-corrected chi connectivity index (χ1v) is 20.9. The van der Waals surface area contributed by atoms with Crippen LogP contribution in [0.2, 0.25) is 0 Å². The number of alkyl halides is 5. The number of imidazole rings is 1. The second kappa shape index (κ2) is 18.8. The van der Waals surface area contributed by atoms with Crippen molar-refractivity contribution in [1.29, 1.82) is 0 Å². The maximum absolute atomic E-state index is 14.0. The fourth-order valence-electron chi connectivity index (χ4n) is 7.87. The van der Waals surface area contributed by atoms with Gasteiger partial charge in [0, 0.05) is 36.2 Å². The number of carbonyl (C=O) groups excluding carboxylic acids is 4. The van der Waals surface area contributed by atoms with Gasteiger partial charge in [-0.05, 0) is 145 Å². The highest BCUT2D eigenvalue weighted by atomic mass is 19.4. The van der Waals surface area contributed by atoms with Crippen LogP contribution in [0.1, 0.15) is 86.6 Å². The number of ether oxygens (including phenoxy) is 1. The Hall–Kier alpha value is -5.58. The Morgan fingerprint density at radius 1 is 0.887 bits per heavy atom. The topological polar surface area (TPSA) is 158 Å². The quantitative estimate of drug-likeness (QED) is 0.0904. The molecule has 0 unspecified atom stereocenters. The first-order chi connectivity index (χ1) is 29.1. The molecule has 12 nitrogen and oxygen atoms in total. The molecule has 1 aromatic heterocycles. The van der Waals surface area contributed by atoms with Crippen LogP contribution in [0.4, 0.5) is 32.4 Å². The molecule has 2 heterocycles. The molecule has 334 valence electrons. The van der Waals surface area contributed by atoms with Crippen molar-refractivity contribution >= 4 is 40.5 Å². The molecule has 62 heavy (non-hydrogen) atoms. The first-order valence-electron chi connectivity index (χ1n) is 20.9. The average Bonchev–Trinajstić information content (AvgIpc) is 3.65. The Kier molecular flexibility index (Phi) is 13.9. The van der Waals surface area contributed by atoms with Gasteiger partial charge in [-0.25, -0.2) is 9.78 Å². The summed E-state index contributed by atoms with van der Waals surface area (Å²) >= 11 is 0. The van der Waals surface area contributed by atoms with Crippen LogP contribution in [0.25, 0.3) is 22.2 Å². The number of halogens is 5. The number of rotatable bonds is 12. The summed E-state index contributed by atoms with van der Waals surface area (Å²) in [4.78, 5) is 60.6. The summed E-state index contributed by atoms with van der Waals surface area (Å²) in [6, 6.07) is 15.8. The second-order valence-corrected chi connectivity index (χ2v) is 17.5. The number of nitrogens with one attached hydrogen (secondary N) is 5. The molecule has 6 rings (SSSR count). The average molecular weight is 868 g/mol. The molecule has 0 bridgehead atoms. The van der Waals surface area contributed by atoms with Crippen LogP contribution in [0, 0.1) is 18.8 Å². The van der Waals surface area contributed by atoms with Crippen LogP contribution < -0.4 is 21.3 Å². The van der Waals surface area contributed by atoms with Crippen LogP contribution in [0.3, 0.4) is 0 Å². The molecule has 1 atom stereocenters. The van der Waals surface area contributed by atoms with E-state index in [0.29, 0.717) is 43.4 Å². The number of hydrogen-bond donors (Lipinski definition) is 5. The molecule has 3 aromatic carbocycles. The van der Waals surface area contributed by atoms with Crippen LogP contribution >= 0.6 is 0 Å². The maximum atomic E-state index is 14.0. The van der Waals surface area contributed by atoms with Gasteiger partial charge in [-0.15, -0.1) is 0 Å². The van der Waals surface area contributed by atoms with Crippen molar-refractivity contribution < 1.29 is 45.9 Å². The zero-order chi connectivity index (χ0) is 45.0. The lowest BCUT2D eigenvalue weighted by Crippen LogP contribution is -2.48. The highest BCUT2D eigenvalue weighted by molar-refractivity contribution is 5.99. The van der Waals surface area contributed by atoms with Gasteiger partial charge in [0.15, 0.2) is 5.82 Å². The summed E-state index contributed by atoms with van der Waals surface area (Å²) in [6.45, 7) is 9.52. The minimum atomic E-state index is -5.87.